The Kier molecular flexibility index (Phi) is 5.94. The Morgan fingerprint density at radius 3 is 2.50 bits per heavy atom. The van der Waals surface area contributed by atoms with Gasteiger partial charge in [-0.15, -0.1) is 0 Å². The van der Waals surface area contributed by atoms with Crippen molar-refractivity contribution >= 4 is 17.5 Å². The van der Waals surface area contributed by atoms with Crippen molar-refractivity contribution in [3.05, 3.63) is 53.5 Å². The van der Waals surface area contributed by atoms with Gasteiger partial charge in [-0.05, 0) is 49.8 Å². The van der Waals surface area contributed by atoms with Gasteiger partial charge in [0.2, 0.25) is 5.91 Å². The summed E-state index contributed by atoms with van der Waals surface area (Å²) in [6, 6.07) is 10.6. The number of anilines is 1. The van der Waals surface area contributed by atoms with Crippen LogP contribution in [-0.2, 0) is 17.8 Å². The van der Waals surface area contributed by atoms with Gasteiger partial charge in [-0.2, -0.15) is 0 Å². The molecule has 3 aliphatic rings. The van der Waals surface area contributed by atoms with Gasteiger partial charge in [-0.3, -0.25) is 9.59 Å². The Hall–Kier alpha value is -2.76. The van der Waals surface area contributed by atoms with E-state index in [2.05, 4.69) is 36.1 Å². The van der Waals surface area contributed by atoms with Crippen molar-refractivity contribution in [3.8, 4) is 0 Å². The molecule has 0 N–H and O–H groups in total. The molecule has 1 atom stereocenters. The van der Waals surface area contributed by atoms with Gasteiger partial charge in [0, 0.05) is 44.3 Å². The van der Waals surface area contributed by atoms with Crippen LogP contribution in [0.3, 0.4) is 0 Å². The SMILES string of the molecule is CC1Cc2ccccc2N1Cc1occc1C(=O)N1CCN(C(=O)CC2CCCC2)CC1. The van der Waals surface area contributed by atoms with Crippen LogP contribution in [0.15, 0.2) is 41.0 Å². The quantitative estimate of drug-likeness (QED) is 0.710. The molecule has 0 radical (unpaired) electrons. The molecule has 1 aliphatic carbocycles. The van der Waals surface area contributed by atoms with Gasteiger partial charge in [0.05, 0.1) is 18.4 Å². The first-order valence-corrected chi connectivity index (χ1v) is 12.1. The van der Waals surface area contributed by atoms with E-state index in [0.29, 0.717) is 56.7 Å². The fraction of sp³-hybridized carbons (Fsp3) is 0.538. The summed E-state index contributed by atoms with van der Waals surface area (Å²) in [7, 11) is 0. The first-order valence-electron chi connectivity index (χ1n) is 12.1. The molecule has 5 rings (SSSR count). The van der Waals surface area contributed by atoms with Gasteiger partial charge in [-0.25, -0.2) is 0 Å². The van der Waals surface area contributed by atoms with E-state index in [1.165, 1.54) is 36.9 Å². The third kappa shape index (κ3) is 4.15. The molecule has 1 saturated heterocycles. The molecule has 6 nitrogen and oxygen atoms in total. The lowest BCUT2D eigenvalue weighted by molar-refractivity contribution is -0.133. The molecule has 0 spiro atoms. The summed E-state index contributed by atoms with van der Waals surface area (Å²) < 4.78 is 5.78. The molecular formula is C26H33N3O3. The van der Waals surface area contributed by atoms with Crippen LogP contribution in [0.2, 0.25) is 0 Å². The third-order valence-electron chi connectivity index (χ3n) is 7.50. The first kappa shape index (κ1) is 21.1. The lowest BCUT2D eigenvalue weighted by Crippen LogP contribution is -2.51. The Morgan fingerprint density at radius 1 is 1.00 bits per heavy atom. The van der Waals surface area contributed by atoms with E-state index in [9.17, 15) is 9.59 Å². The van der Waals surface area contributed by atoms with E-state index in [-0.39, 0.29) is 11.8 Å². The highest BCUT2D eigenvalue weighted by Gasteiger charge is 2.31. The van der Waals surface area contributed by atoms with Gasteiger partial charge in [0.25, 0.3) is 5.91 Å². The van der Waals surface area contributed by atoms with E-state index < -0.39 is 0 Å². The van der Waals surface area contributed by atoms with Crippen molar-refractivity contribution in [1.82, 2.24) is 9.80 Å². The molecule has 0 bridgehead atoms. The highest BCUT2D eigenvalue weighted by atomic mass is 16.3. The van der Waals surface area contributed by atoms with Crippen molar-refractivity contribution in [1.29, 1.82) is 0 Å². The number of piperazine rings is 1. The maximum Gasteiger partial charge on any atom is 0.257 e. The van der Waals surface area contributed by atoms with Crippen molar-refractivity contribution in [3.63, 3.8) is 0 Å². The van der Waals surface area contributed by atoms with Crippen LogP contribution >= 0.6 is 0 Å². The monoisotopic (exact) mass is 435 g/mol. The van der Waals surface area contributed by atoms with E-state index in [0.717, 1.165) is 12.2 Å². The molecule has 2 aliphatic heterocycles. The van der Waals surface area contributed by atoms with Gasteiger partial charge in [-0.1, -0.05) is 31.0 Å². The molecule has 32 heavy (non-hydrogen) atoms. The number of para-hydroxylation sites is 1. The molecule has 1 aromatic carbocycles. The minimum atomic E-state index is 0.0109. The highest BCUT2D eigenvalue weighted by molar-refractivity contribution is 5.95. The number of rotatable bonds is 5. The number of benzene rings is 1. The normalized spacial score (nSPS) is 21.3. The zero-order chi connectivity index (χ0) is 22.1. The molecule has 2 fully saturated rings. The summed E-state index contributed by atoms with van der Waals surface area (Å²) in [4.78, 5) is 32.1. The number of nitrogens with zero attached hydrogens (tertiary/aromatic N) is 3. The second-order valence-electron chi connectivity index (χ2n) is 9.59. The van der Waals surface area contributed by atoms with Crippen LogP contribution in [-0.4, -0.2) is 53.8 Å². The fourth-order valence-electron chi connectivity index (χ4n) is 5.60. The summed E-state index contributed by atoms with van der Waals surface area (Å²) in [5, 5.41) is 0. The molecule has 1 unspecified atom stereocenters. The van der Waals surface area contributed by atoms with Crippen molar-refractivity contribution in [2.45, 2.75) is 58.0 Å². The smallest absolute Gasteiger partial charge is 0.257 e. The van der Waals surface area contributed by atoms with Gasteiger partial charge < -0.3 is 19.1 Å². The summed E-state index contributed by atoms with van der Waals surface area (Å²) in [5.41, 5.74) is 3.22. The number of carbonyl (C=O) groups is 2. The van der Waals surface area contributed by atoms with Crippen molar-refractivity contribution in [2.75, 3.05) is 31.1 Å². The van der Waals surface area contributed by atoms with Gasteiger partial charge >= 0.3 is 0 Å². The molecule has 6 heteroatoms. The second kappa shape index (κ2) is 9.00. The van der Waals surface area contributed by atoms with E-state index in [1.807, 2.05) is 9.80 Å². The number of fused-ring (bicyclic) bond motifs is 1. The molecule has 170 valence electrons. The lowest BCUT2D eigenvalue weighted by Gasteiger charge is -2.35. The van der Waals surface area contributed by atoms with Crippen LogP contribution in [0.1, 0.15) is 60.7 Å². The van der Waals surface area contributed by atoms with E-state index >= 15 is 0 Å². The average molecular weight is 436 g/mol. The largest absolute Gasteiger partial charge is 0.467 e. The van der Waals surface area contributed by atoms with E-state index in [4.69, 9.17) is 4.42 Å². The summed E-state index contributed by atoms with van der Waals surface area (Å²) in [6.07, 6.45) is 8.20. The standard InChI is InChI=1S/C26H33N3O3/c1-19-16-21-8-4-5-9-23(21)29(19)18-24-22(10-15-32-24)26(31)28-13-11-27(12-14-28)25(30)17-20-6-2-3-7-20/h4-5,8-10,15,19-20H,2-3,6-7,11-14,16-18H2,1H3. The van der Waals surface area contributed by atoms with Crippen LogP contribution < -0.4 is 4.90 Å². The van der Waals surface area contributed by atoms with E-state index in [1.54, 1.807) is 12.3 Å². The minimum Gasteiger partial charge on any atom is -0.467 e. The number of furan rings is 1. The van der Waals surface area contributed by atoms with Gasteiger partial charge in [0.1, 0.15) is 5.76 Å². The number of amides is 2. The van der Waals surface area contributed by atoms with Crippen LogP contribution in [0.4, 0.5) is 5.69 Å². The maximum atomic E-state index is 13.3. The van der Waals surface area contributed by atoms with Crippen LogP contribution in [0.25, 0.3) is 0 Å². The summed E-state index contributed by atoms with van der Waals surface area (Å²) >= 11 is 0. The fourth-order valence-corrected chi connectivity index (χ4v) is 5.60. The Morgan fingerprint density at radius 2 is 1.72 bits per heavy atom. The predicted molar refractivity (Wildman–Crippen MR) is 124 cm³/mol. The Labute approximate surface area is 190 Å². The average Bonchev–Trinajstić information content (AvgIpc) is 3.55. The summed E-state index contributed by atoms with van der Waals surface area (Å²) in [5.74, 6) is 1.55. The molecular weight excluding hydrogens is 402 g/mol. The topological polar surface area (TPSA) is 57.0 Å². The molecule has 1 saturated carbocycles. The molecule has 1 aromatic heterocycles. The first-order chi connectivity index (χ1) is 15.6. The van der Waals surface area contributed by atoms with Crippen LogP contribution in [0.5, 0.6) is 0 Å². The van der Waals surface area contributed by atoms with Crippen molar-refractivity contribution in [2.24, 2.45) is 5.92 Å². The van der Waals surface area contributed by atoms with Crippen LogP contribution in [0, 0.1) is 5.92 Å². The second-order valence-corrected chi connectivity index (χ2v) is 9.59. The maximum absolute atomic E-state index is 13.3. The highest BCUT2D eigenvalue weighted by Crippen LogP contribution is 2.34. The number of hydrogen-bond acceptors (Lipinski definition) is 4. The third-order valence-corrected chi connectivity index (χ3v) is 7.50. The zero-order valence-electron chi connectivity index (χ0n) is 19.0. The van der Waals surface area contributed by atoms with Crippen molar-refractivity contribution < 1.29 is 14.0 Å². The molecule has 2 amide bonds. The number of carbonyl (C=O) groups excluding carboxylic acids is 2. The molecule has 2 aromatic rings. The van der Waals surface area contributed by atoms with Gasteiger partial charge in [0.15, 0.2) is 0 Å². The minimum absolute atomic E-state index is 0.0109. The Balaban J connectivity index is 1.20. The lowest BCUT2D eigenvalue weighted by atomic mass is 10.0. The molecule has 3 heterocycles. The zero-order valence-corrected chi connectivity index (χ0v) is 19.0. The number of hydrogen-bond donors (Lipinski definition) is 0. The summed E-state index contributed by atoms with van der Waals surface area (Å²) in [6.45, 7) is 5.23. The Bertz CT molecular complexity index is 970. The predicted octanol–water partition coefficient (Wildman–Crippen LogP) is 4.10.